The lowest BCUT2D eigenvalue weighted by Gasteiger charge is -2.23. The monoisotopic (exact) mass is 457 g/mol. The minimum atomic E-state index is -0.121. The minimum Gasteiger partial charge on any atom is -0.492 e. The second kappa shape index (κ2) is 11.3. The van der Waals surface area contributed by atoms with Crippen LogP contribution in [0.4, 0.5) is 5.13 Å². The predicted octanol–water partition coefficient (Wildman–Crippen LogP) is 5.74. The Bertz CT molecular complexity index is 1050. The number of carbonyl (C=O) groups is 1. The van der Waals surface area contributed by atoms with E-state index in [-0.39, 0.29) is 5.91 Å². The van der Waals surface area contributed by atoms with E-state index in [9.17, 15) is 4.79 Å². The maximum Gasteiger partial charge on any atom is 0.252 e. The second-order valence-electron chi connectivity index (χ2n) is 6.90. The van der Waals surface area contributed by atoms with Crippen LogP contribution in [0.1, 0.15) is 26.3 Å². The molecule has 0 bridgehead atoms. The molecule has 1 amide bonds. The zero-order valence-corrected chi connectivity index (χ0v) is 19.7. The Labute approximate surface area is 192 Å². The maximum absolute atomic E-state index is 13.2. The van der Waals surface area contributed by atoms with E-state index in [1.807, 2.05) is 49.4 Å². The fourth-order valence-electron chi connectivity index (χ4n) is 3.24. The molecular weight excluding hydrogens is 430 g/mol. The highest BCUT2D eigenvalue weighted by atomic mass is 35.5. The van der Waals surface area contributed by atoms with Crippen LogP contribution in [-0.4, -0.2) is 48.6 Å². The van der Waals surface area contributed by atoms with Gasteiger partial charge in [0.05, 0.1) is 11.3 Å². The van der Waals surface area contributed by atoms with E-state index in [4.69, 9.17) is 21.3 Å². The molecule has 0 fully saturated rings. The summed E-state index contributed by atoms with van der Waals surface area (Å²) in [5.41, 5.74) is 1.60. The van der Waals surface area contributed by atoms with E-state index in [1.165, 1.54) is 11.3 Å². The van der Waals surface area contributed by atoms with Crippen LogP contribution < -0.4 is 9.64 Å². The van der Waals surface area contributed by atoms with Crippen molar-refractivity contribution in [1.82, 2.24) is 9.88 Å². The summed E-state index contributed by atoms with van der Waals surface area (Å²) < 4.78 is 6.72. The number of fused-ring (bicyclic) bond motifs is 1. The summed E-state index contributed by atoms with van der Waals surface area (Å²) in [6, 6.07) is 13.3. The molecule has 0 radical (unpaired) electrons. The zero-order chi connectivity index (χ0) is 22.2. The molecule has 2 aromatic carbocycles. The van der Waals surface area contributed by atoms with Crippen molar-refractivity contribution in [1.29, 1.82) is 0 Å². The van der Waals surface area contributed by atoms with Crippen LogP contribution in [-0.2, 0) is 4.79 Å². The van der Waals surface area contributed by atoms with Gasteiger partial charge < -0.3 is 9.64 Å². The third-order valence-corrected chi connectivity index (χ3v) is 6.40. The van der Waals surface area contributed by atoms with Crippen molar-refractivity contribution in [2.45, 2.75) is 20.8 Å². The molecule has 0 spiro atoms. The number of ether oxygens (including phenoxy) is 1. The first kappa shape index (κ1) is 23.3. The Balaban J connectivity index is 1.92. The Hall–Kier alpha value is -2.41. The number of likely N-dealkylation sites (N-methyl/N-ethyl adjacent to an activating group) is 1. The van der Waals surface area contributed by atoms with Gasteiger partial charge in [0.1, 0.15) is 11.3 Å². The van der Waals surface area contributed by atoms with Crippen LogP contribution >= 0.6 is 22.9 Å². The SMILES string of the molecule is CCOc1cccc2sc(N(CCN(CC)CC)C(=O)C=Cc3ccccc3Cl)nc12. The van der Waals surface area contributed by atoms with Gasteiger partial charge in [-0.25, -0.2) is 4.98 Å². The van der Waals surface area contributed by atoms with Crippen LogP contribution in [0, 0.1) is 0 Å². The molecule has 7 heteroatoms. The number of nitrogens with zero attached hydrogens (tertiary/aromatic N) is 3. The Morgan fingerprint density at radius 3 is 2.58 bits per heavy atom. The number of halogens is 1. The summed E-state index contributed by atoms with van der Waals surface area (Å²) >= 11 is 7.74. The fraction of sp³-hybridized carbons (Fsp3) is 0.333. The van der Waals surface area contributed by atoms with Gasteiger partial charge in [-0.05, 0) is 49.9 Å². The van der Waals surface area contributed by atoms with E-state index in [1.54, 1.807) is 17.1 Å². The molecule has 0 aliphatic carbocycles. The van der Waals surface area contributed by atoms with Gasteiger partial charge in [-0.2, -0.15) is 0 Å². The lowest BCUT2D eigenvalue weighted by atomic mass is 10.2. The van der Waals surface area contributed by atoms with Crippen LogP contribution in [0.15, 0.2) is 48.5 Å². The Kier molecular flexibility index (Phi) is 8.46. The molecule has 0 unspecified atom stereocenters. The van der Waals surface area contributed by atoms with Crippen molar-refractivity contribution < 1.29 is 9.53 Å². The number of amides is 1. The molecule has 164 valence electrons. The summed E-state index contributed by atoms with van der Waals surface area (Å²) in [4.78, 5) is 22.0. The van der Waals surface area contributed by atoms with Crippen molar-refractivity contribution in [3.63, 3.8) is 0 Å². The molecule has 0 atom stereocenters. The molecule has 0 N–H and O–H groups in total. The van der Waals surface area contributed by atoms with E-state index in [0.29, 0.717) is 23.3 Å². The van der Waals surface area contributed by atoms with Gasteiger partial charge in [-0.15, -0.1) is 0 Å². The predicted molar refractivity (Wildman–Crippen MR) is 131 cm³/mol. The third-order valence-electron chi connectivity index (χ3n) is 5.01. The molecule has 0 aliphatic rings. The van der Waals surface area contributed by atoms with Gasteiger partial charge in [-0.3, -0.25) is 9.69 Å². The lowest BCUT2D eigenvalue weighted by molar-refractivity contribution is -0.114. The number of carbonyl (C=O) groups excluding carboxylic acids is 1. The molecular formula is C24H28ClN3O2S. The number of hydrogen-bond donors (Lipinski definition) is 0. The number of anilines is 1. The van der Waals surface area contributed by atoms with Crippen LogP contribution in [0.25, 0.3) is 16.3 Å². The number of aromatic nitrogens is 1. The number of para-hydroxylation sites is 1. The van der Waals surface area contributed by atoms with Gasteiger partial charge in [0.2, 0.25) is 0 Å². The number of thiazole rings is 1. The molecule has 1 aromatic heterocycles. The molecule has 3 rings (SSSR count). The normalized spacial score (nSPS) is 11.5. The summed E-state index contributed by atoms with van der Waals surface area (Å²) in [7, 11) is 0. The lowest BCUT2D eigenvalue weighted by Crippen LogP contribution is -2.38. The molecule has 5 nitrogen and oxygen atoms in total. The smallest absolute Gasteiger partial charge is 0.252 e. The van der Waals surface area contributed by atoms with Crippen molar-refractivity contribution in [3.05, 3.63) is 59.1 Å². The average molecular weight is 458 g/mol. The van der Waals surface area contributed by atoms with E-state index in [0.717, 1.165) is 41.2 Å². The summed E-state index contributed by atoms with van der Waals surface area (Å²) in [5, 5.41) is 1.28. The van der Waals surface area contributed by atoms with Gasteiger partial charge in [0.25, 0.3) is 5.91 Å². The van der Waals surface area contributed by atoms with Crippen LogP contribution in [0.2, 0.25) is 5.02 Å². The third kappa shape index (κ3) is 5.85. The highest BCUT2D eigenvalue weighted by Gasteiger charge is 2.20. The van der Waals surface area contributed by atoms with Gasteiger partial charge in [-0.1, -0.05) is 61.1 Å². The first-order valence-corrected chi connectivity index (χ1v) is 11.8. The highest BCUT2D eigenvalue weighted by Crippen LogP contribution is 2.34. The summed E-state index contributed by atoms with van der Waals surface area (Å²) in [6.45, 7) is 9.95. The maximum atomic E-state index is 13.2. The van der Waals surface area contributed by atoms with E-state index >= 15 is 0 Å². The van der Waals surface area contributed by atoms with Crippen molar-refractivity contribution in [3.8, 4) is 5.75 Å². The number of benzene rings is 2. The van der Waals surface area contributed by atoms with Gasteiger partial charge in [0.15, 0.2) is 5.13 Å². The zero-order valence-electron chi connectivity index (χ0n) is 18.2. The molecule has 1 heterocycles. The molecule has 0 saturated heterocycles. The average Bonchev–Trinajstić information content (AvgIpc) is 3.21. The van der Waals surface area contributed by atoms with Crippen LogP contribution in [0.3, 0.4) is 0 Å². The summed E-state index contributed by atoms with van der Waals surface area (Å²) in [6.07, 6.45) is 3.33. The van der Waals surface area contributed by atoms with Crippen molar-refractivity contribution in [2.24, 2.45) is 0 Å². The first-order chi connectivity index (χ1) is 15.1. The van der Waals surface area contributed by atoms with Gasteiger partial charge >= 0.3 is 0 Å². The molecule has 31 heavy (non-hydrogen) atoms. The minimum absolute atomic E-state index is 0.121. The van der Waals surface area contributed by atoms with Crippen molar-refractivity contribution >= 4 is 50.3 Å². The molecule has 3 aromatic rings. The fourth-order valence-corrected chi connectivity index (χ4v) is 4.45. The number of hydrogen-bond acceptors (Lipinski definition) is 5. The quantitative estimate of drug-likeness (QED) is 0.364. The Morgan fingerprint density at radius 2 is 1.87 bits per heavy atom. The van der Waals surface area contributed by atoms with Gasteiger partial charge in [0, 0.05) is 24.2 Å². The number of rotatable bonds is 10. The van der Waals surface area contributed by atoms with E-state index in [2.05, 4.69) is 18.7 Å². The molecule has 0 aliphatic heterocycles. The topological polar surface area (TPSA) is 45.7 Å². The highest BCUT2D eigenvalue weighted by molar-refractivity contribution is 7.22. The Morgan fingerprint density at radius 1 is 1.10 bits per heavy atom. The first-order valence-electron chi connectivity index (χ1n) is 10.6. The van der Waals surface area contributed by atoms with Crippen molar-refractivity contribution in [2.75, 3.05) is 37.7 Å². The summed E-state index contributed by atoms with van der Waals surface area (Å²) in [5.74, 6) is 0.620. The second-order valence-corrected chi connectivity index (χ2v) is 8.32. The standard InChI is InChI=1S/C24H28ClN3O2S/c1-4-27(5-2)16-17-28(22(29)15-14-18-10-7-8-11-19(18)25)24-26-23-20(30-6-3)12-9-13-21(23)31-24/h7-15H,4-6,16-17H2,1-3H3. The molecule has 0 saturated carbocycles. The van der Waals surface area contributed by atoms with E-state index < -0.39 is 0 Å². The largest absolute Gasteiger partial charge is 0.492 e. The van der Waals surface area contributed by atoms with Crippen LogP contribution in [0.5, 0.6) is 5.75 Å².